The van der Waals surface area contributed by atoms with E-state index in [4.69, 9.17) is 4.74 Å². The van der Waals surface area contributed by atoms with Gasteiger partial charge in [0.25, 0.3) is 0 Å². The predicted molar refractivity (Wildman–Crippen MR) is 72.9 cm³/mol. The summed E-state index contributed by atoms with van der Waals surface area (Å²) in [6.45, 7) is 6.11. The van der Waals surface area contributed by atoms with Crippen LogP contribution in [0, 0.1) is 5.92 Å². The van der Waals surface area contributed by atoms with Gasteiger partial charge < -0.3 is 10.1 Å². The summed E-state index contributed by atoms with van der Waals surface area (Å²) in [6, 6.07) is 6.55. The largest absolute Gasteiger partial charge is 0.381 e. The van der Waals surface area contributed by atoms with E-state index in [9.17, 15) is 0 Å². The Balaban J connectivity index is 1.74. The van der Waals surface area contributed by atoms with E-state index < -0.39 is 0 Å². The third-order valence-electron chi connectivity index (χ3n) is 3.91. The van der Waals surface area contributed by atoms with E-state index in [-0.39, 0.29) is 6.04 Å². The van der Waals surface area contributed by atoms with Crippen molar-refractivity contribution in [3.63, 3.8) is 0 Å². The zero-order valence-electron chi connectivity index (χ0n) is 11.4. The monoisotopic (exact) mass is 260 g/mol. The van der Waals surface area contributed by atoms with Crippen LogP contribution >= 0.6 is 0 Å². The van der Waals surface area contributed by atoms with Crippen molar-refractivity contribution < 1.29 is 4.74 Å². The summed E-state index contributed by atoms with van der Waals surface area (Å²) in [7, 11) is 0. The average molecular weight is 260 g/mol. The number of hydrogen-bond acceptors (Lipinski definition) is 4. The summed E-state index contributed by atoms with van der Waals surface area (Å²) < 4.78 is 7.48. The van der Waals surface area contributed by atoms with Gasteiger partial charge in [0.15, 0.2) is 11.5 Å². The number of hydrogen-bond donors (Lipinski definition) is 1. The lowest BCUT2D eigenvalue weighted by Gasteiger charge is -2.23. The van der Waals surface area contributed by atoms with Crippen LogP contribution in [0.2, 0.25) is 0 Å². The Morgan fingerprint density at radius 3 is 3.05 bits per heavy atom. The van der Waals surface area contributed by atoms with E-state index in [1.807, 2.05) is 28.8 Å². The smallest absolute Gasteiger partial charge is 0.160 e. The molecule has 1 N–H and O–H groups in total. The van der Waals surface area contributed by atoms with Crippen LogP contribution in [0.4, 0.5) is 0 Å². The van der Waals surface area contributed by atoms with Gasteiger partial charge in [-0.3, -0.25) is 4.40 Å². The summed E-state index contributed by atoms with van der Waals surface area (Å²) in [5.74, 6) is 1.56. The van der Waals surface area contributed by atoms with Gasteiger partial charge in [-0.2, -0.15) is 0 Å². The third kappa shape index (κ3) is 2.48. The van der Waals surface area contributed by atoms with Crippen LogP contribution in [0.15, 0.2) is 24.4 Å². The Hall–Kier alpha value is -1.46. The summed E-state index contributed by atoms with van der Waals surface area (Å²) >= 11 is 0. The molecule has 3 unspecified atom stereocenters. The second-order valence-corrected chi connectivity index (χ2v) is 5.29. The quantitative estimate of drug-likeness (QED) is 0.911. The van der Waals surface area contributed by atoms with Gasteiger partial charge in [-0.1, -0.05) is 6.07 Å². The molecular formula is C14H20N4O. The highest BCUT2D eigenvalue weighted by molar-refractivity contribution is 5.37. The van der Waals surface area contributed by atoms with Gasteiger partial charge in [0.05, 0.1) is 12.6 Å². The van der Waals surface area contributed by atoms with E-state index in [0.29, 0.717) is 12.0 Å². The molecule has 5 heteroatoms. The molecule has 3 atom stereocenters. The Bertz CT molecular complexity index is 547. The Labute approximate surface area is 113 Å². The van der Waals surface area contributed by atoms with Crippen molar-refractivity contribution in [3.05, 3.63) is 30.2 Å². The number of ether oxygens (including phenoxy) is 1. The average Bonchev–Trinajstić information content (AvgIpc) is 3.08. The molecular weight excluding hydrogens is 240 g/mol. The van der Waals surface area contributed by atoms with E-state index in [1.54, 1.807) is 0 Å². The van der Waals surface area contributed by atoms with Gasteiger partial charge in [-0.15, -0.1) is 10.2 Å². The van der Waals surface area contributed by atoms with Crippen molar-refractivity contribution in [2.24, 2.45) is 5.92 Å². The van der Waals surface area contributed by atoms with Gasteiger partial charge in [0.2, 0.25) is 0 Å². The number of nitrogens with zero attached hydrogens (tertiary/aromatic N) is 3. The van der Waals surface area contributed by atoms with Crippen LogP contribution in [0.25, 0.3) is 5.65 Å². The third-order valence-corrected chi connectivity index (χ3v) is 3.91. The normalized spacial score (nSPS) is 22.7. The molecule has 102 valence electrons. The second-order valence-electron chi connectivity index (χ2n) is 5.29. The summed E-state index contributed by atoms with van der Waals surface area (Å²) in [4.78, 5) is 0. The molecule has 1 aliphatic rings. The lowest BCUT2D eigenvalue weighted by molar-refractivity contribution is 0.176. The summed E-state index contributed by atoms with van der Waals surface area (Å²) in [5.41, 5.74) is 0.892. The number of rotatable bonds is 4. The molecule has 1 saturated heterocycles. The van der Waals surface area contributed by atoms with E-state index >= 15 is 0 Å². The molecule has 1 aliphatic heterocycles. The van der Waals surface area contributed by atoms with Gasteiger partial charge in [-0.25, -0.2) is 0 Å². The molecule has 0 aliphatic carbocycles. The fourth-order valence-electron chi connectivity index (χ4n) is 2.71. The van der Waals surface area contributed by atoms with Crippen LogP contribution < -0.4 is 5.32 Å². The van der Waals surface area contributed by atoms with Crippen LogP contribution in [-0.2, 0) is 4.74 Å². The molecule has 0 spiro atoms. The van der Waals surface area contributed by atoms with Crippen LogP contribution in [0.3, 0.4) is 0 Å². The lowest BCUT2D eigenvalue weighted by Crippen LogP contribution is -2.36. The summed E-state index contributed by atoms with van der Waals surface area (Å²) in [6.07, 6.45) is 3.15. The maximum atomic E-state index is 5.45. The predicted octanol–water partition coefficient (Wildman–Crippen LogP) is 1.80. The van der Waals surface area contributed by atoms with E-state index in [0.717, 1.165) is 31.1 Å². The number of pyridine rings is 1. The first-order valence-corrected chi connectivity index (χ1v) is 6.89. The molecule has 3 rings (SSSR count). The maximum Gasteiger partial charge on any atom is 0.160 e. The minimum absolute atomic E-state index is 0.174. The topological polar surface area (TPSA) is 51.5 Å². The molecule has 5 nitrogen and oxygen atoms in total. The van der Waals surface area contributed by atoms with Gasteiger partial charge >= 0.3 is 0 Å². The van der Waals surface area contributed by atoms with E-state index in [2.05, 4.69) is 29.4 Å². The zero-order chi connectivity index (χ0) is 13.2. The highest BCUT2D eigenvalue weighted by Gasteiger charge is 2.24. The highest BCUT2D eigenvalue weighted by atomic mass is 16.5. The van der Waals surface area contributed by atoms with Gasteiger partial charge in [0.1, 0.15) is 0 Å². The first kappa shape index (κ1) is 12.6. The molecule has 19 heavy (non-hydrogen) atoms. The molecule has 0 bridgehead atoms. The Morgan fingerprint density at radius 1 is 1.37 bits per heavy atom. The molecule has 0 radical (unpaired) electrons. The highest BCUT2D eigenvalue weighted by Crippen LogP contribution is 2.20. The lowest BCUT2D eigenvalue weighted by atomic mass is 10.00. The number of aromatic nitrogens is 3. The van der Waals surface area contributed by atoms with Crippen LogP contribution in [0.1, 0.15) is 32.1 Å². The molecule has 2 aromatic rings. The molecule has 1 fully saturated rings. The van der Waals surface area contributed by atoms with E-state index in [1.165, 1.54) is 0 Å². The molecule has 3 heterocycles. The van der Waals surface area contributed by atoms with Gasteiger partial charge in [0, 0.05) is 18.8 Å². The van der Waals surface area contributed by atoms with Crippen molar-refractivity contribution in [1.82, 2.24) is 19.9 Å². The Kier molecular flexibility index (Phi) is 3.48. The second kappa shape index (κ2) is 5.27. The minimum atomic E-state index is 0.174. The van der Waals surface area contributed by atoms with Crippen LogP contribution in [-0.4, -0.2) is 33.9 Å². The zero-order valence-corrected chi connectivity index (χ0v) is 11.4. The Morgan fingerprint density at radius 2 is 2.26 bits per heavy atom. The van der Waals surface area contributed by atoms with Crippen molar-refractivity contribution in [2.75, 3.05) is 13.2 Å². The van der Waals surface area contributed by atoms with Crippen molar-refractivity contribution in [2.45, 2.75) is 32.4 Å². The van der Waals surface area contributed by atoms with Crippen molar-refractivity contribution >= 4 is 5.65 Å². The van der Waals surface area contributed by atoms with Crippen molar-refractivity contribution in [3.8, 4) is 0 Å². The molecule has 2 aromatic heterocycles. The fourth-order valence-corrected chi connectivity index (χ4v) is 2.71. The fraction of sp³-hybridized carbons (Fsp3) is 0.571. The first-order chi connectivity index (χ1) is 9.25. The van der Waals surface area contributed by atoms with Crippen LogP contribution in [0.5, 0.6) is 0 Å². The maximum absolute atomic E-state index is 5.45. The SMILES string of the molecule is CC(NC(C)C1CCOC1)c1nnc2ccccn12. The molecule has 0 saturated carbocycles. The number of fused-ring (bicyclic) bond motifs is 1. The van der Waals surface area contributed by atoms with Gasteiger partial charge in [-0.05, 0) is 38.3 Å². The molecule has 0 aromatic carbocycles. The molecule has 0 amide bonds. The van der Waals surface area contributed by atoms with Crippen molar-refractivity contribution in [1.29, 1.82) is 0 Å². The first-order valence-electron chi connectivity index (χ1n) is 6.89. The summed E-state index contributed by atoms with van der Waals surface area (Å²) in [5, 5.41) is 12.1. The number of nitrogens with one attached hydrogen (secondary N) is 1. The standard InChI is InChI=1S/C14H20N4O/c1-10(12-6-8-19-9-12)15-11(2)14-17-16-13-5-3-4-7-18(13)14/h3-5,7,10-12,15H,6,8-9H2,1-2H3. The minimum Gasteiger partial charge on any atom is -0.381 e.